The van der Waals surface area contributed by atoms with Gasteiger partial charge in [0.05, 0.1) is 46.0 Å². The number of nitrogens with zero attached hydrogens (tertiary/aromatic N) is 4. The third-order valence-corrected chi connectivity index (χ3v) is 3.69. The Hall–Kier alpha value is -3.02. The van der Waals surface area contributed by atoms with Crippen molar-refractivity contribution in [3.05, 3.63) is 42.7 Å². The molecule has 0 aliphatic rings. The molecule has 0 bridgehead atoms. The SMILES string of the molecule is CCOC(=O)Cn1cnc2cc3nc4ccccc4nc3cc21. The molecule has 0 N–H and O–H groups in total. The predicted molar refractivity (Wildman–Crippen MR) is 87.0 cm³/mol. The molecule has 0 aliphatic heterocycles. The first-order valence-electron chi connectivity index (χ1n) is 7.41. The number of carbonyl (C=O) groups is 1. The standard InChI is InChI=1S/C17H14N4O2/c1-2-23-17(22)9-21-10-18-15-7-13-14(8-16(15)21)20-12-6-4-3-5-11(12)19-13/h3-8,10H,2,9H2,1H3. The minimum absolute atomic E-state index is 0.136. The summed E-state index contributed by atoms with van der Waals surface area (Å²) in [7, 11) is 0. The van der Waals surface area contributed by atoms with Crippen molar-refractivity contribution in [2.75, 3.05) is 6.61 Å². The van der Waals surface area contributed by atoms with E-state index in [9.17, 15) is 4.79 Å². The van der Waals surface area contributed by atoms with Gasteiger partial charge in [-0.25, -0.2) is 15.0 Å². The van der Waals surface area contributed by atoms with Gasteiger partial charge >= 0.3 is 5.97 Å². The van der Waals surface area contributed by atoms with Gasteiger partial charge in [0.1, 0.15) is 6.54 Å². The van der Waals surface area contributed by atoms with Crippen LogP contribution in [0.3, 0.4) is 0 Å². The summed E-state index contributed by atoms with van der Waals surface area (Å²) in [6.45, 7) is 2.29. The van der Waals surface area contributed by atoms with Gasteiger partial charge in [0.15, 0.2) is 0 Å². The van der Waals surface area contributed by atoms with Gasteiger partial charge in [-0.3, -0.25) is 4.79 Å². The van der Waals surface area contributed by atoms with E-state index >= 15 is 0 Å². The third-order valence-electron chi connectivity index (χ3n) is 3.69. The number of aromatic nitrogens is 4. The van der Waals surface area contributed by atoms with Crippen molar-refractivity contribution in [3.63, 3.8) is 0 Å². The van der Waals surface area contributed by atoms with Crippen molar-refractivity contribution in [3.8, 4) is 0 Å². The summed E-state index contributed by atoms with van der Waals surface area (Å²) in [6.07, 6.45) is 1.64. The van der Waals surface area contributed by atoms with E-state index in [4.69, 9.17) is 4.74 Å². The Morgan fingerprint density at radius 1 is 1.04 bits per heavy atom. The molecule has 0 unspecified atom stereocenters. The van der Waals surface area contributed by atoms with E-state index in [0.717, 1.165) is 33.1 Å². The van der Waals surface area contributed by atoms with Crippen LogP contribution in [-0.2, 0) is 16.1 Å². The average Bonchev–Trinajstić information content (AvgIpc) is 2.93. The number of para-hydroxylation sites is 2. The fourth-order valence-electron chi connectivity index (χ4n) is 2.65. The number of carbonyl (C=O) groups excluding carboxylic acids is 1. The monoisotopic (exact) mass is 306 g/mol. The summed E-state index contributed by atoms with van der Waals surface area (Å²) in [6, 6.07) is 11.6. The number of rotatable bonds is 3. The summed E-state index contributed by atoms with van der Waals surface area (Å²) in [5.41, 5.74) is 4.89. The summed E-state index contributed by atoms with van der Waals surface area (Å²) in [4.78, 5) is 25.3. The van der Waals surface area contributed by atoms with Crippen molar-refractivity contribution in [1.29, 1.82) is 0 Å². The van der Waals surface area contributed by atoms with Crippen LogP contribution in [0.15, 0.2) is 42.7 Å². The highest BCUT2D eigenvalue weighted by Gasteiger charge is 2.10. The number of ether oxygens (including phenoxy) is 1. The predicted octanol–water partition coefficient (Wildman–Crippen LogP) is 2.70. The molecule has 2 aromatic carbocycles. The Balaban J connectivity index is 1.87. The maximum absolute atomic E-state index is 11.7. The molecule has 0 saturated carbocycles. The number of hydrogen-bond acceptors (Lipinski definition) is 5. The van der Waals surface area contributed by atoms with E-state index in [1.807, 2.05) is 36.4 Å². The first kappa shape index (κ1) is 13.6. The molecule has 0 spiro atoms. The average molecular weight is 306 g/mol. The largest absolute Gasteiger partial charge is 0.465 e. The quantitative estimate of drug-likeness (QED) is 0.430. The lowest BCUT2D eigenvalue weighted by molar-refractivity contribution is -0.143. The zero-order chi connectivity index (χ0) is 15.8. The molecule has 4 rings (SSSR count). The van der Waals surface area contributed by atoms with Crippen LogP contribution in [0.1, 0.15) is 6.92 Å². The van der Waals surface area contributed by atoms with Crippen molar-refractivity contribution >= 4 is 39.1 Å². The van der Waals surface area contributed by atoms with Gasteiger partial charge < -0.3 is 9.30 Å². The maximum Gasteiger partial charge on any atom is 0.325 e. The van der Waals surface area contributed by atoms with E-state index in [1.54, 1.807) is 17.8 Å². The van der Waals surface area contributed by atoms with Crippen molar-refractivity contribution in [2.24, 2.45) is 0 Å². The molecular weight excluding hydrogens is 292 g/mol. The first-order valence-corrected chi connectivity index (χ1v) is 7.41. The smallest absolute Gasteiger partial charge is 0.325 e. The fraction of sp³-hybridized carbons (Fsp3) is 0.176. The Labute approximate surface area is 131 Å². The molecule has 0 radical (unpaired) electrons. The molecule has 6 heteroatoms. The lowest BCUT2D eigenvalue weighted by Gasteiger charge is -2.05. The van der Waals surface area contributed by atoms with E-state index in [0.29, 0.717) is 6.61 Å². The Morgan fingerprint density at radius 2 is 1.74 bits per heavy atom. The Bertz CT molecular complexity index is 1040. The first-order chi connectivity index (χ1) is 11.2. The van der Waals surface area contributed by atoms with Crippen LogP contribution in [0, 0.1) is 0 Å². The minimum atomic E-state index is -0.281. The highest BCUT2D eigenvalue weighted by atomic mass is 16.5. The molecule has 0 amide bonds. The highest BCUT2D eigenvalue weighted by molar-refractivity contribution is 5.95. The second-order valence-corrected chi connectivity index (χ2v) is 5.22. The topological polar surface area (TPSA) is 69.9 Å². The second kappa shape index (κ2) is 5.31. The van der Waals surface area contributed by atoms with E-state index < -0.39 is 0 Å². The van der Waals surface area contributed by atoms with Gasteiger partial charge in [0.25, 0.3) is 0 Å². The zero-order valence-corrected chi connectivity index (χ0v) is 12.6. The van der Waals surface area contributed by atoms with Gasteiger partial charge in [0, 0.05) is 0 Å². The van der Waals surface area contributed by atoms with Crippen molar-refractivity contribution < 1.29 is 9.53 Å². The van der Waals surface area contributed by atoms with Crippen molar-refractivity contribution in [1.82, 2.24) is 19.5 Å². The van der Waals surface area contributed by atoms with Crippen LogP contribution in [0.5, 0.6) is 0 Å². The molecule has 6 nitrogen and oxygen atoms in total. The Morgan fingerprint density at radius 3 is 2.43 bits per heavy atom. The summed E-state index contributed by atoms with van der Waals surface area (Å²) in [5.74, 6) is -0.281. The second-order valence-electron chi connectivity index (χ2n) is 5.22. The van der Waals surface area contributed by atoms with Crippen LogP contribution in [0.25, 0.3) is 33.1 Å². The molecular formula is C17H14N4O2. The highest BCUT2D eigenvalue weighted by Crippen LogP contribution is 2.22. The molecule has 0 aliphatic carbocycles. The van der Waals surface area contributed by atoms with E-state index in [2.05, 4.69) is 15.0 Å². The molecule has 0 saturated heterocycles. The van der Waals surface area contributed by atoms with Gasteiger partial charge in [0.2, 0.25) is 0 Å². The molecule has 23 heavy (non-hydrogen) atoms. The van der Waals surface area contributed by atoms with Gasteiger partial charge in [-0.15, -0.1) is 0 Å². The van der Waals surface area contributed by atoms with Crippen LogP contribution in [-0.4, -0.2) is 32.1 Å². The van der Waals surface area contributed by atoms with Crippen molar-refractivity contribution in [2.45, 2.75) is 13.5 Å². The van der Waals surface area contributed by atoms with Gasteiger partial charge in [-0.2, -0.15) is 0 Å². The van der Waals surface area contributed by atoms with E-state index in [1.165, 1.54) is 0 Å². The molecule has 2 aromatic heterocycles. The maximum atomic E-state index is 11.7. The third kappa shape index (κ3) is 2.38. The molecule has 0 fully saturated rings. The minimum Gasteiger partial charge on any atom is -0.465 e. The Kier molecular flexibility index (Phi) is 3.15. The normalized spacial score (nSPS) is 11.3. The number of fused-ring (bicyclic) bond motifs is 3. The van der Waals surface area contributed by atoms with Crippen LogP contribution >= 0.6 is 0 Å². The van der Waals surface area contributed by atoms with Gasteiger partial charge in [-0.1, -0.05) is 12.1 Å². The number of imidazole rings is 1. The lowest BCUT2D eigenvalue weighted by Crippen LogP contribution is -2.12. The van der Waals surface area contributed by atoms with E-state index in [-0.39, 0.29) is 12.5 Å². The van der Waals surface area contributed by atoms with Crippen LogP contribution in [0.2, 0.25) is 0 Å². The molecule has 4 aromatic rings. The molecule has 0 atom stereocenters. The summed E-state index contributed by atoms with van der Waals surface area (Å²) < 4.78 is 6.76. The number of esters is 1. The van der Waals surface area contributed by atoms with Gasteiger partial charge in [-0.05, 0) is 31.2 Å². The zero-order valence-electron chi connectivity index (χ0n) is 12.6. The van der Waals surface area contributed by atoms with Crippen LogP contribution in [0.4, 0.5) is 0 Å². The molecule has 2 heterocycles. The summed E-state index contributed by atoms with van der Waals surface area (Å²) in [5, 5.41) is 0. The summed E-state index contributed by atoms with van der Waals surface area (Å²) >= 11 is 0. The number of hydrogen-bond donors (Lipinski definition) is 0. The lowest BCUT2D eigenvalue weighted by atomic mass is 10.2. The molecule has 114 valence electrons. The van der Waals surface area contributed by atoms with Crippen LogP contribution < -0.4 is 0 Å². The fourth-order valence-corrected chi connectivity index (χ4v) is 2.65. The number of benzene rings is 2.